The van der Waals surface area contributed by atoms with Crippen LogP contribution in [0.4, 0.5) is 5.69 Å². The molecule has 0 radical (unpaired) electrons. The van der Waals surface area contributed by atoms with Gasteiger partial charge >= 0.3 is 0 Å². The molecule has 2 aliphatic rings. The molecular weight excluding hydrogens is 376 g/mol. The normalized spacial score (nSPS) is 20.0. The van der Waals surface area contributed by atoms with Crippen LogP contribution in [0.15, 0.2) is 55.2 Å². The summed E-state index contributed by atoms with van der Waals surface area (Å²) in [5, 5.41) is 0. The van der Waals surface area contributed by atoms with Crippen molar-refractivity contribution in [1.82, 2.24) is 24.4 Å². The lowest BCUT2D eigenvalue weighted by molar-refractivity contribution is 0.0775. The first-order valence-corrected chi connectivity index (χ1v) is 10.6. The van der Waals surface area contributed by atoms with Gasteiger partial charge in [0.15, 0.2) is 5.82 Å². The maximum Gasteiger partial charge on any atom is 0.274 e. The summed E-state index contributed by atoms with van der Waals surface area (Å²) < 4.78 is 2.19. The summed E-state index contributed by atoms with van der Waals surface area (Å²) in [6.07, 6.45) is 10.6. The number of hydrogen-bond donors (Lipinski definition) is 0. The topological polar surface area (TPSA) is 67.2 Å². The summed E-state index contributed by atoms with van der Waals surface area (Å²) in [7, 11) is 0. The summed E-state index contributed by atoms with van der Waals surface area (Å²) in [6, 6.07) is 8.41. The first kappa shape index (κ1) is 18.8. The highest BCUT2D eigenvalue weighted by molar-refractivity contribution is 5.92. The Balaban J connectivity index is 1.56. The molecule has 0 bridgehead atoms. The Labute approximate surface area is 176 Å². The molecule has 0 aliphatic carbocycles. The molecule has 0 N–H and O–H groups in total. The van der Waals surface area contributed by atoms with Crippen molar-refractivity contribution in [2.45, 2.75) is 32.2 Å². The third-order valence-electron chi connectivity index (χ3n) is 6.27. The third-order valence-corrected chi connectivity index (χ3v) is 6.27. The molecule has 5 rings (SSSR count). The number of rotatable bonds is 4. The number of carbonyl (C=O) groups is 1. The number of nitrogens with zero attached hydrogens (tertiary/aromatic N) is 6. The van der Waals surface area contributed by atoms with E-state index in [2.05, 4.69) is 62.7 Å². The summed E-state index contributed by atoms with van der Waals surface area (Å²) >= 11 is 0. The maximum atomic E-state index is 13.1. The fourth-order valence-electron chi connectivity index (χ4n) is 4.79. The lowest BCUT2D eigenvalue weighted by Crippen LogP contribution is -2.53. The van der Waals surface area contributed by atoms with Gasteiger partial charge < -0.3 is 14.4 Å². The van der Waals surface area contributed by atoms with Gasteiger partial charge in [-0.1, -0.05) is 13.8 Å². The summed E-state index contributed by atoms with van der Waals surface area (Å²) in [6.45, 7) is 6.74. The molecule has 30 heavy (non-hydrogen) atoms. The first-order chi connectivity index (χ1) is 14.6. The summed E-state index contributed by atoms with van der Waals surface area (Å²) in [5.74, 6) is 1.50. The van der Waals surface area contributed by atoms with Gasteiger partial charge in [0.2, 0.25) is 0 Å². The second-order valence-corrected chi connectivity index (χ2v) is 8.54. The molecule has 154 valence electrons. The fourth-order valence-corrected chi connectivity index (χ4v) is 4.79. The Morgan fingerprint density at radius 2 is 2.07 bits per heavy atom. The molecule has 1 amide bonds. The molecule has 1 atom stereocenters. The number of amides is 1. The standard InChI is InChI=1S/C23H26N6O/c1-17(2)7-13-29-19-5-3-9-26-21(19)28-12-4-6-20(28)23(29)8-14-27(16-23)22(30)18-15-24-10-11-25-18/h3-6,9-12,15,17H,7-8,13-14,16H2,1-2H3. The molecule has 7 nitrogen and oxygen atoms in total. The molecule has 3 aromatic heterocycles. The minimum atomic E-state index is -0.272. The minimum absolute atomic E-state index is 0.0566. The lowest BCUT2D eigenvalue weighted by atomic mass is 9.88. The van der Waals surface area contributed by atoms with Crippen molar-refractivity contribution < 1.29 is 4.79 Å². The number of carbonyl (C=O) groups excluding carboxylic acids is 1. The zero-order chi connectivity index (χ0) is 20.7. The quantitative estimate of drug-likeness (QED) is 0.670. The van der Waals surface area contributed by atoms with Gasteiger partial charge in [0, 0.05) is 44.4 Å². The molecule has 1 spiro atoms. The molecule has 2 aliphatic heterocycles. The zero-order valence-electron chi connectivity index (χ0n) is 17.4. The van der Waals surface area contributed by atoms with E-state index in [-0.39, 0.29) is 11.4 Å². The van der Waals surface area contributed by atoms with Gasteiger partial charge in [0.1, 0.15) is 11.2 Å². The molecule has 5 heterocycles. The van der Waals surface area contributed by atoms with Crippen molar-refractivity contribution >= 4 is 11.6 Å². The number of anilines is 1. The van der Waals surface area contributed by atoms with Crippen LogP contribution in [0.3, 0.4) is 0 Å². The van der Waals surface area contributed by atoms with Crippen molar-refractivity contribution in [3.63, 3.8) is 0 Å². The van der Waals surface area contributed by atoms with Crippen LogP contribution in [0, 0.1) is 5.92 Å². The third kappa shape index (κ3) is 2.88. The van der Waals surface area contributed by atoms with Gasteiger partial charge in [-0.2, -0.15) is 0 Å². The highest BCUT2D eigenvalue weighted by Gasteiger charge is 2.50. The van der Waals surface area contributed by atoms with Crippen molar-refractivity contribution in [2.24, 2.45) is 5.92 Å². The molecule has 1 unspecified atom stereocenters. The Morgan fingerprint density at radius 1 is 1.17 bits per heavy atom. The second-order valence-electron chi connectivity index (χ2n) is 8.54. The molecule has 0 aromatic carbocycles. The van der Waals surface area contributed by atoms with Gasteiger partial charge in [0.05, 0.1) is 17.6 Å². The maximum absolute atomic E-state index is 13.1. The van der Waals surface area contributed by atoms with E-state index in [1.165, 1.54) is 5.69 Å². The second kappa shape index (κ2) is 7.23. The van der Waals surface area contributed by atoms with Crippen molar-refractivity contribution in [2.75, 3.05) is 24.5 Å². The monoisotopic (exact) mass is 402 g/mol. The van der Waals surface area contributed by atoms with Gasteiger partial charge in [-0.3, -0.25) is 9.78 Å². The number of aromatic nitrogens is 4. The average molecular weight is 403 g/mol. The van der Waals surface area contributed by atoms with Crippen LogP contribution in [-0.2, 0) is 5.54 Å². The van der Waals surface area contributed by atoms with E-state index in [0.717, 1.165) is 30.9 Å². The van der Waals surface area contributed by atoms with Gasteiger partial charge in [-0.25, -0.2) is 9.97 Å². The van der Waals surface area contributed by atoms with E-state index in [0.29, 0.717) is 24.7 Å². The summed E-state index contributed by atoms with van der Waals surface area (Å²) in [4.78, 5) is 30.5. The van der Waals surface area contributed by atoms with E-state index in [9.17, 15) is 4.79 Å². The number of pyridine rings is 1. The molecule has 0 saturated carbocycles. The smallest absolute Gasteiger partial charge is 0.274 e. The molecule has 1 saturated heterocycles. The van der Waals surface area contributed by atoms with Crippen LogP contribution in [0.2, 0.25) is 0 Å². The Kier molecular flexibility index (Phi) is 4.53. The van der Waals surface area contributed by atoms with E-state index >= 15 is 0 Å². The van der Waals surface area contributed by atoms with E-state index in [1.807, 2.05) is 17.2 Å². The van der Waals surface area contributed by atoms with Crippen LogP contribution in [0.1, 0.15) is 42.9 Å². The van der Waals surface area contributed by atoms with Crippen molar-refractivity contribution in [3.8, 4) is 5.82 Å². The fraction of sp³-hybridized carbons (Fsp3) is 0.391. The highest BCUT2D eigenvalue weighted by Crippen LogP contribution is 2.47. The van der Waals surface area contributed by atoms with E-state index in [4.69, 9.17) is 0 Å². The van der Waals surface area contributed by atoms with Gasteiger partial charge in [-0.15, -0.1) is 0 Å². The highest BCUT2D eigenvalue weighted by atomic mass is 16.2. The Hall–Kier alpha value is -3.22. The Morgan fingerprint density at radius 3 is 2.87 bits per heavy atom. The summed E-state index contributed by atoms with van der Waals surface area (Å²) in [5.41, 5.74) is 2.46. The minimum Gasteiger partial charge on any atom is -0.355 e. The first-order valence-electron chi connectivity index (χ1n) is 10.6. The van der Waals surface area contributed by atoms with Crippen LogP contribution in [0.25, 0.3) is 5.82 Å². The number of fused-ring (bicyclic) bond motifs is 4. The van der Waals surface area contributed by atoms with E-state index < -0.39 is 0 Å². The SMILES string of the molecule is CC(C)CCN1c2cccnc2-n2cccc2C12CCN(C(=O)c1cnccn1)C2. The van der Waals surface area contributed by atoms with Gasteiger partial charge in [0.25, 0.3) is 5.91 Å². The predicted molar refractivity (Wildman–Crippen MR) is 115 cm³/mol. The zero-order valence-corrected chi connectivity index (χ0v) is 17.4. The average Bonchev–Trinajstić information content (AvgIpc) is 3.43. The van der Waals surface area contributed by atoms with Crippen LogP contribution in [0.5, 0.6) is 0 Å². The van der Waals surface area contributed by atoms with Gasteiger partial charge in [-0.05, 0) is 43.0 Å². The van der Waals surface area contributed by atoms with Crippen molar-refractivity contribution in [1.29, 1.82) is 0 Å². The molecular formula is C23H26N6O. The molecule has 1 fully saturated rings. The number of likely N-dealkylation sites (tertiary alicyclic amines) is 1. The van der Waals surface area contributed by atoms with Crippen LogP contribution < -0.4 is 4.90 Å². The number of hydrogen-bond acceptors (Lipinski definition) is 5. The molecule has 3 aromatic rings. The van der Waals surface area contributed by atoms with Crippen molar-refractivity contribution in [3.05, 3.63) is 66.6 Å². The van der Waals surface area contributed by atoms with Crippen LogP contribution >= 0.6 is 0 Å². The largest absolute Gasteiger partial charge is 0.355 e. The van der Waals surface area contributed by atoms with E-state index in [1.54, 1.807) is 18.6 Å². The van der Waals surface area contributed by atoms with Crippen LogP contribution in [-0.4, -0.2) is 50.0 Å². The Bertz CT molecular complexity index is 1060. The predicted octanol–water partition coefficient (Wildman–Crippen LogP) is 3.27. The lowest BCUT2D eigenvalue weighted by Gasteiger charge is -2.47. The molecule has 7 heteroatoms.